The molecule has 0 fully saturated rings. The Morgan fingerprint density at radius 3 is 2.91 bits per heavy atom. The van der Waals surface area contributed by atoms with Crippen LogP contribution in [0, 0.1) is 0 Å². The number of rotatable bonds is 14. The molecule has 0 radical (unpaired) electrons. The lowest BCUT2D eigenvalue weighted by Gasteiger charge is -2.22. The lowest BCUT2D eigenvalue weighted by atomic mass is 10.3. The van der Waals surface area contributed by atoms with Crippen molar-refractivity contribution in [3.8, 4) is 5.88 Å². The van der Waals surface area contributed by atoms with E-state index in [9.17, 15) is 19.5 Å². The van der Waals surface area contributed by atoms with Crippen LogP contribution in [0.5, 0.6) is 5.88 Å². The van der Waals surface area contributed by atoms with E-state index in [1.807, 2.05) is 19.2 Å². The first-order valence-corrected chi connectivity index (χ1v) is 10.4. The number of nitrogens with zero attached hydrogens (tertiary/aromatic N) is 1. The first kappa shape index (κ1) is 24.9. The monoisotopic (exact) mass is 454 g/mol. The fourth-order valence-corrected chi connectivity index (χ4v) is 2.50. The van der Waals surface area contributed by atoms with Gasteiger partial charge < -0.3 is 35.1 Å². The second-order valence-corrected chi connectivity index (χ2v) is 6.83. The summed E-state index contributed by atoms with van der Waals surface area (Å²) in [4.78, 5) is 35.1. The van der Waals surface area contributed by atoms with Crippen LogP contribution < -0.4 is 31.3 Å². The largest absolute Gasteiger partial charge is 0.480 e. The van der Waals surface area contributed by atoms with E-state index in [-0.39, 0.29) is 31.1 Å². The quantitative estimate of drug-likeness (QED) is 0.204. The molecule has 32 heavy (non-hydrogen) atoms. The van der Waals surface area contributed by atoms with E-state index in [2.05, 4.69) is 31.7 Å². The second-order valence-electron chi connectivity index (χ2n) is 6.83. The molecule has 13 heteroatoms. The van der Waals surface area contributed by atoms with E-state index in [1.165, 1.54) is 6.07 Å². The minimum atomic E-state index is -1.36. The van der Waals surface area contributed by atoms with Gasteiger partial charge in [-0.15, -0.1) is 0 Å². The lowest BCUT2D eigenvalue weighted by Crippen LogP contribution is -2.53. The number of carbonyl (C=O) groups excluding carboxylic acids is 2. The van der Waals surface area contributed by atoms with Gasteiger partial charge in [-0.2, -0.15) is 0 Å². The summed E-state index contributed by atoms with van der Waals surface area (Å²) in [6.45, 7) is 3.58. The van der Waals surface area contributed by atoms with Crippen molar-refractivity contribution in [2.45, 2.75) is 38.5 Å². The molecule has 2 rings (SSSR count). The normalized spacial score (nSPS) is 16.0. The Hall–Kier alpha value is -3.32. The van der Waals surface area contributed by atoms with Gasteiger partial charge in [0, 0.05) is 19.6 Å². The van der Waals surface area contributed by atoms with E-state index >= 15 is 0 Å². The summed E-state index contributed by atoms with van der Waals surface area (Å²) in [6, 6.07) is -0.0529. The van der Waals surface area contributed by atoms with E-state index in [0.29, 0.717) is 26.0 Å². The van der Waals surface area contributed by atoms with Gasteiger partial charge in [0.2, 0.25) is 5.76 Å². The van der Waals surface area contributed by atoms with Crippen molar-refractivity contribution in [3.63, 3.8) is 0 Å². The van der Waals surface area contributed by atoms with E-state index in [4.69, 9.17) is 14.0 Å². The first-order valence-electron chi connectivity index (χ1n) is 10.4. The van der Waals surface area contributed by atoms with Gasteiger partial charge in [-0.1, -0.05) is 19.4 Å². The van der Waals surface area contributed by atoms with Crippen LogP contribution in [0.4, 0.5) is 4.79 Å². The number of aliphatic carboxylic acids is 1. The number of hydrogen-bond acceptors (Lipinski definition) is 10. The summed E-state index contributed by atoms with van der Waals surface area (Å²) < 4.78 is 15.2. The van der Waals surface area contributed by atoms with E-state index < -0.39 is 24.0 Å². The Labute approximate surface area is 185 Å². The first-order chi connectivity index (χ1) is 15.5. The number of hydrogen-bond donors (Lipinski definition) is 6. The molecule has 0 bridgehead atoms. The Kier molecular flexibility index (Phi) is 10.8. The molecule has 178 valence electrons. The third-order valence-electron chi connectivity index (χ3n) is 4.24. The van der Waals surface area contributed by atoms with Crippen LogP contribution in [0.3, 0.4) is 0 Å². The number of unbranched alkanes of at least 4 members (excludes halogenated alkanes) is 1. The maximum atomic E-state index is 12.2. The van der Waals surface area contributed by atoms with E-state index in [1.54, 1.807) is 0 Å². The molecule has 1 aromatic rings. The van der Waals surface area contributed by atoms with Gasteiger partial charge in [0.25, 0.3) is 11.8 Å². The lowest BCUT2D eigenvalue weighted by molar-refractivity contribution is -0.139. The molecule has 6 N–H and O–H groups in total. The molecular formula is C19H30N6O7. The third-order valence-corrected chi connectivity index (χ3v) is 4.24. The number of carboxylic acids is 1. The predicted octanol–water partition coefficient (Wildman–Crippen LogP) is -0.267. The average Bonchev–Trinajstić information content (AvgIpc) is 3.26. The van der Waals surface area contributed by atoms with E-state index in [0.717, 1.165) is 13.0 Å². The molecule has 1 aliphatic heterocycles. The molecule has 2 heterocycles. The summed E-state index contributed by atoms with van der Waals surface area (Å²) in [7, 11) is 0. The fraction of sp³-hybridized carbons (Fsp3) is 0.579. The van der Waals surface area contributed by atoms with Gasteiger partial charge >= 0.3 is 12.1 Å². The predicted molar refractivity (Wildman–Crippen MR) is 112 cm³/mol. The minimum absolute atomic E-state index is 0.00432. The van der Waals surface area contributed by atoms with Gasteiger partial charge in [0.15, 0.2) is 0 Å². The molecular weight excluding hydrogens is 424 g/mol. The number of nitrogens with one attached hydrogen (secondary N) is 5. The SMILES string of the molecule is CCCCOC(=O)NC(CNC(=O)c1cc(OCCCNC2NC=CCN2)no1)C(=O)O. The topological polar surface area (TPSA) is 176 Å². The summed E-state index contributed by atoms with van der Waals surface area (Å²) in [5.74, 6) is -2.01. The molecule has 1 aliphatic rings. The van der Waals surface area contributed by atoms with Crippen molar-refractivity contribution < 1.29 is 33.5 Å². The van der Waals surface area contributed by atoms with Gasteiger partial charge in [-0.05, 0) is 24.2 Å². The average molecular weight is 454 g/mol. The molecule has 1 aromatic heterocycles. The van der Waals surface area contributed by atoms with Crippen LogP contribution >= 0.6 is 0 Å². The highest BCUT2D eigenvalue weighted by Gasteiger charge is 2.23. The van der Waals surface area contributed by atoms with Crippen molar-refractivity contribution >= 4 is 18.0 Å². The van der Waals surface area contributed by atoms with Crippen LogP contribution in [0.25, 0.3) is 0 Å². The number of amides is 2. The smallest absolute Gasteiger partial charge is 0.407 e. The zero-order valence-electron chi connectivity index (χ0n) is 17.9. The standard InChI is InChI=1S/C19H30N6O7/c1-2-3-9-31-19(29)24-13(17(27)28)12-23-16(26)14-11-15(25-32-14)30-10-5-8-22-18-20-6-4-7-21-18/h4,6,11,13,18,20-22H,2-3,5,7-10,12H2,1H3,(H,23,26)(H,24,29)(H,27,28). The number of carboxylic acid groups (broad SMARTS) is 1. The number of aromatic nitrogens is 1. The van der Waals surface area contributed by atoms with Crippen molar-refractivity contribution in [2.24, 2.45) is 0 Å². The highest BCUT2D eigenvalue weighted by molar-refractivity contribution is 5.92. The molecule has 2 amide bonds. The van der Waals surface area contributed by atoms with Crippen molar-refractivity contribution in [1.82, 2.24) is 31.7 Å². The summed E-state index contributed by atoms with van der Waals surface area (Å²) in [5.41, 5.74) is 0. The Bertz CT molecular complexity index is 769. The van der Waals surface area contributed by atoms with Gasteiger partial charge in [-0.25, -0.2) is 9.59 Å². The maximum absolute atomic E-state index is 12.2. The zero-order valence-corrected chi connectivity index (χ0v) is 17.9. The summed E-state index contributed by atoms with van der Waals surface area (Å²) in [6.07, 6.45) is 5.18. The number of carbonyl (C=O) groups is 3. The van der Waals surface area contributed by atoms with Gasteiger partial charge in [0.05, 0.1) is 19.3 Å². The Morgan fingerprint density at radius 1 is 1.34 bits per heavy atom. The Morgan fingerprint density at radius 2 is 2.19 bits per heavy atom. The van der Waals surface area contributed by atoms with Crippen LogP contribution in [0.15, 0.2) is 22.9 Å². The molecule has 0 aromatic carbocycles. The number of ether oxygens (including phenoxy) is 2. The zero-order chi connectivity index (χ0) is 23.2. The molecule has 0 saturated heterocycles. The molecule has 0 spiro atoms. The molecule has 2 atom stereocenters. The molecule has 2 unspecified atom stereocenters. The summed E-state index contributed by atoms with van der Waals surface area (Å²) in [5, 5.41) is 27.0. The van der Waals surface area contributed by atoms with Crippen LogP contribution in [-0.2, 0) is 9.53 Å². The molecule has 0 saturated carbocycles. The molecule has 13 nitrogen and oxygen atoms in total. The van der Waals surface area contributed by atoms with Crippen LogP contribution in [-0.4, -0.2) is 73.4 Å². The van der Waals surface area contributed by atoms with Crippen LogP contribution in [0.2, 0.25) is 0 Å². The number of alkyl carbamates (subject to hydrolysis) is 1. The van der Waals surface area contributed by atoms with Crippen molar-refractivity contribution in [3.05, 3.63) is 24.1 Å². The van der Waals surface area contributed by atoms with Crippen LogP contribution in [0.1, 0.15) is 36.7 Å². The minimum Gasteiger partial charge on any atom is -0.480 e. The van der Waals surface area contributed by atoms with Crippen molar-refractivity contribution in [1.29, 1.82) is 0 Å². The third kappa shape index (κ3) is 9.22. The highest BCUT2D eigenvalue weighted by Crippen LogP contribution is 2.11. The van der Waals surface area contributed by atoms with Crippen molar-refractivity contribution in [2.75, 3.05) is 32.8 Å². The van der Waals surface area contributed by atoms with Gasteiger partial charge in [0.1, 0.15) is 12.3 Å². The fourth-order valence-electron chi connectivity index (χ4n) is 2.50. The molecule has 0 aliphatic carbocycles. The second kappa shape index (κ2) is 13.9. The Balaban J connectivity index is 1.67. The highest BCUT2D eigenvalue weighted by atomic mass is 16.5. The maximum Gasteiger partial charge on any atom is 0.407 e. The van der Waals surface area contributed by atoms with Gasteiger partial charge in [-0.3, -0.25) is 15.4 Å². The summed E-state index contributed by atoms with van der Waals surface area (Å²) >= 11 is 0.